The van der Waals surface area contributed by atoms with Gasteiger partial charge in [0, 0.05) is 6.61 Å². The first-order chi connectivity index (χ1) is 7.31. The van der Waals surface area contributed by atoms with Gasteiger partial charge in [0.15, 0.2) is 0 Å². The van der Waals surface area contributed by atoms with Crippen molar-refractivity contribution in [2.45, 2.75) is 64.7 Å². The maximum absolute atomic E-state index is 8.65. The zero-order valence-corrected chi connectivity index (χ0v) is 10.4. The average Bonchev–Trinajstić information content (AvgIpc) is 2.24. The van der Waals surface area contributed by atoms with Gasteiger partial charge in [-0.2, -0.15) is 0 Å². The first-order valence-electron chi connectivity index (χ1n) is 6.62. The monoisotopic (exact) mass is 215 g/mol. The van der Waals surface area contributed by atoms with Gasteiger partial charge >= 0.3 is 0 Å². The molecule has 0 amide bonds. The lowest BCUT2D eigenvalue weighted by Crippen LogP contribution is -1.99. The molecule has 0 aromatic heterocycles. The standard InChI is InChI=1S/C13H29NO/c1-13(10-6-4-8-12-15)9-5-2-3-7-11-14/h13,15H,2-12,14H2,1H3/t13-/m0/s1. The second-order valence-electron chi connectivity index (χ2n) is 4.67. The number of aliphatic hydroxyl groups excluding tert-OH is 1. The molecular formula is C13H29NO. The van der Waals surface area contributed by atoms with Gasteiger partial charge in [-0.15, -0.1) is 0 Å². The fraction of sp³-hybridized carbons (Fsp3) is 1.00. The molecule has 1 atom stereocenters. The molecule has 15 heavy (non-hydrogen) atoms. The van der Waals surface area contributed by atoms with Gasteiger partial charge in [-0.3, -0.25) is 0 Å². The van der Waals surface area contributed by atoms with Crippen LogP contribution in [0.15, 0.2) is 0 Å². The van der Waals surface area contributed by atoms with Gasteiger partial charge in [-0.05, 0) is 25.3 Å². The molecule has 0 rings (SSSR count). The van der Waals surface area contributed by atoms with Crippen molar-refractivity contribution in [3.8, 4) is 0 Å². The molecule has 0 radical (unpaired) electrons. The van der Waals surface area contributed by atoms with Crippen molar-refractivity contribution in [2.75, 3.05) is 13.2 Å². The van der Waals surface area contributed by atoms with E-state index >= 15 is 0 Å². The lowest BCUT2D eigenvalue weighted by atomic mass is 9.96. The van der Waals surface area contributed by atoms with Crippen LogP contribution in [0.3, 0.4) is 0 Å². The van der Waals surface area contributed by atoms with Gasteiger partial charge in [0.2, 0.25) is 0 Å². The predicted molar refractivity (Wildman–Crippen MR) is 66.9 cm³/mol. The second kappa shape index (κ2) is 12.0. The normalized spacial score (nSPS) is 13.0. The number of unbranched alkanes of at least 4 members (excludes halogenated alkanes) is 5. The molecule has 0 aliphatic carbocycles. The maximum atomic E-state index is 8.65. The Balaban J connectivity index is 3.08. The molecule has 0 aliphatic heterocycles. The SMILES string of the molecule is C[C@H](CCCCCO)CCCCCCN. The van der Waals surface area contributed by atoms with Crippen LogP contribution < -0.4 is 5.73 Å². The molecule has 0 fully saturated rings. The van der Waals surface area contributed by atoms with E-state index in [9.17, 15) is 0 Å². The summed E-state index contributed by atoms with van der Waals surface area (Å²) in [7, 11) is 0. The fourth-order valence-corrected chi connectivity index (χ4v) is 1.92. The van der Waals surface area contributed by atoms with E-state index in [1.54, 1.807) is 0 Å². The summed E-state index contributed by atoms with van der Waals surface area (Å²) in [6.45, 7) is 3.55. The summed E-state index contributed by atoms with van der Waals surface area (Å²) >= 11 is 0. The van der Waals surface area contributed by atoms with E-state index in [4.69, 9.17) is 10.8 Å². The Kier molecular flexibility index (Phi) is 11.9. The predicted octanol–water partition coefficient (Wildman–Crippen LogP) is 3.08. The summed E-state index contributed by atoms with van der Waals surface area (Å²) in [4.78, 5) is 0. The van der Waals surface area contributed by atoms with Crippen molar-refractivity contribution < 1.29 is 5.11 Å². The minimum atomic E-state index is 0.355. The summed E-state index contributed by atoms with van der Waals surface area (Å²) < 4.78 is 0. The van der Waals surface area contributed by atoms with Crippen molar-refractivity contribution in [3.63, 3.8) is 0 Å². The van der Waals surface area contributed by atoms with Crippen LogP contribution >= 0.6 is 0 Å². The van der Waals surface area contributed by atoms with Crippen LogP contribution in [0.4, 0.5) is 0 Å². The second-order valence-corrected chi connectivity index (χ2v) is 4.67. The molecule has 0 aromatic rings. The molecule has 0 saturated carbocycles. The van der Waals surface area contributed by atoms with Crippen molar-refractivity contribution in [1.82, 2.24) is 0 Å². The molecule has 0 heterocycles. The van der Waals surface area contributed by atoms with Crippen molar-refractivity contribution in [3.05, 3.63) is 0 Å². The van der Waals surface area contributed by atoms with E-state index in [1.807, 2.05) is 0 Å². The summed E-state index contributed by atoms with van der Waals surface area (Å²) in [5, 5.41) is 8.65. The van der Waals surface area contributed by atoms with Crippen LogP contribution in [-0.4, -0.2) is 18.3 Å². The largest absolute Gasteiger partial charge is 0.396 e. The summed E-state index contributed by atoms with van der Waals surface area (Å²) in [5.74, 6) is 0.863. The van der Waals surface area contributed by atoms with E-state index in [1.165, 1.54) is 51.4 Å². The van der Waals surface area contributed by atoms with Crippen molar-refractivity contribution in [1.29, 1.82) is 0 Å². The number of nitrogens with two attached hydrogens (primary N) is 1. The Morgan fingerprint density at radius 2 is 1.40 bits per heavy atom. The fourth-order valence-electron chi connectivity index (χ4n) is 1.92. The highest BCUT2D eigenvalue weighted by Crippen LogP contribution is 2.16. The van der Waals surface area contributed by atoms with Gasteiger partial charge in [0.05, 0.1) is 0 Å². The molecule has 0 bridgehead atoms. The van der Waals surface area contributed by atoms with Crippen LogP contribution in [0.5, 0.6) is 0 Å². The molecule has 3 N–H and O–H groups in total. The number of aliphatic hydroxyl groups is 1. The van der Waals surface area contributed by atoms with Gasteiger partial charge in [-0.1, -0.05) is 51.9 Å². The molecule has 0 aromatic carbocycles. The quantitative estimate of drug-likeness (QED) is 0.520. The Morgan fingerprint density at radius 3 is 1.93 bits per heavy atom. The molecule has 92 valence electrons. The third kappa shape index (κ3) is 11.8. The maximum Gasteiger partial charge on any atom is 0.0431 e. The zero-order valence-electron chi connectivity index (χ0n) is 10.4. The van der Waals surface area contributed by atoms with Crippen molar-refractivity contribution in [2.24, 2.45) is 11.7 Å². The van der Waals surface area contributed by atoms with Crippen LogP contribution in [0.2, 0.25) is 0 Å². The highest BCUT2D eigenvalue weighted by Gasteiger charge is 2.01. The number of hydrogen-bond donors (Lipinski definition) is 2. The minimum Gasteiger partial charge on any atom is -0.396 e. The summed E-state index contributed by atoms with van der Waals surface area (Å²) in [5.41, 5.74) is 5.44. The Hall–Kier alpha value is -0.0800. The van der Waals surface area contributed by atoms with Crippen LogP contribution in [-0.2, 0) is 0 Å². The Bertz CT molecular complexity index is 117. The van der Waals surface area contributed by atoms with E-state index < -0.39 is 0 Å². The van der Waals surface area contributed by atoms with Crippen LogP contribution in [0, 0.1) is 5.92 Å². The smallest absolute Gasteiger partial charge is 0.0431 e. The molecule has 0 spiro atoms. The Morgan fingerprint density at radius 1 is 0.867 bits per heavy atom. The van der Waals surface area contributed by atoms with Crippen LogP contribution in [0.1, 0.15) is 64.7 Å². The van der Waals surface area contributed by atoms with Gasteiger partial charge in [0.25, 0.3) is 0 Å². The molecule has 0 saturated heterocycles. The Labute approximate surface area is 95.3 Å². The lowest BCUT2D eigenvalue weighted by molar-refractivity contribution is 0.280. The van der Waals surface area contributed by atoms with Gasteiger partial charge < -0.3 is 10.8 Å². The van der Waals surface area contributed by atoms with E-state index in [0.29, 0.717) is 6.61 Å². The highest BCUT2D eigenvalue weighted by atomic mass is 16.2. The van der Waals surface area contributed by atoms with E-state index in [-0.39, 0.29) is 0 Å². The first kappa shape index (κ1) is 14.9. The molecule has 2 nitrogen and oxygen atoms in total. The number of rotatable bonds is 11. The topological polar surface area (TPSA) is 46.2 Å². The molecule has 0 aliphatic rings. The van der Waals surface area contributed by atoms with E-state index in [0.717, 1.165) is 18.9 Å². The minimum absolute atomic E-state index is 0.355. The molecule has 0 unspecified atom stereocenters. The van der Waals surface area contributed by atoms with E-state index in [2.05, 4.69) is 6.92 Å². The van der Waals surface area contributed by atoms with Crippen LogP contribution in [0.25, 0.3) is 0 Å². The number of hydrogen-bond acceptors (Lipinski definition) is 2. The first-order valence-corrected chi connectivity index (χ1v) is 6.62. The third-order valence-electron chi connectivity index (χ3n) is 3.01. The van der Waals surface area contributed by atoms with Gasteiger partial charge in [-0.25, -0.2) is 0 Å². The summed E-state index contributed by atoms with van der Waals surface area (Å²) in [6.07, 6.45) is 11.3. The zero-order chi connectivity index (χ0) is 11.4. The summed E-state index contributed by atoms with van der Waals surface area (Å²) in [6, 6.07) is 0. The molecular weight excluding hydrogens is 186 g/mol. The lowest BCUT2D eigenvalue weighted by Gasteiger charge is -2.10. The highest BCUT2D eigenvalue weighted by molar-refractivity contribution is 4.55. The van der Waals surface area contributed by atoms with Crippen molar-refractivity contribution >= 4 is 0 Å². The third-order valence-corrected chi connectivity index (χ3v) is 3.01. The van der Waals surface area contributed by atoms with Gasteiger partial charge in [0.1, 0.15) is 0 Å². The average molecular weight is 215 g/mol. The molecule has 2 heteroatoms.